The Morgan fingerprint density at radius 2 is 2.10 bits per heavy atom. The van der Waals surface area contributed by atoms with Crippen LogP contribution in [0.25, 0.3) is 10.8 Å². The number of methoxy groups -OCH3 is 1. The van der Waals surface area contributed by atoms with E-state index in [1.807, 2.05) is 18.2 Å². The molecule has 5 nitrogen and oxygen atoms in total. The Balaban J connectivity index is 1.49. The SMILES string of the molecule is CCC(N)C1(C2CCOC(S)C2)CCC(Oc2cc3ccnc(OC)c3cc2Cl)CC1. The smallest absolute Gasteiger partial charge is 0.221 e. The predicted octanol–water partition coefficient (Wildman–Crippen LogP) is 5.62. The molecule has 1 aromatic heterocycles. The Bertz CT molecular complexity index is 904. The van der Waals surface area contributed by atoms with Gasteiger partial charge < -0.3 is 19.9 Å². The molecule has 0 bridgehead atoms. The average Bonchev–Trinajstić information content (AvgIpc) is 2.79. The molecule has 1 saturated heterocycles. The molecular formula is C24H33ClN2O3S. The van der Waals surface area contributed by atoms with Gasteiger partial charge in [0.15, 0.2) is 0 Å². The van der Waals surface area contributed by atoms with Crippen LogP contribution in [0.1, 0.15) is 51.9 Å². The van der Waals surface area contributed by atoms with Crippen molar-refractivity contribution in [1.82, 2.24) is 4.98 Å². The minimum Gasteiger partial charge on any atom is -0.489 e. The molecule has 2 heterocycles. The fourth-order valence-electron chi connectivity index (χ4n) is 5.61. The third-order valence-electron chi connectivity index (χ3n) is 7.38. The summed E-state index contributed by atoms with van der Waals surface area (Å²) >= 11 is 11.2. The maximum Gasteiger partial charge on any atom is 0.221 e. The van der Waals surface area contributed by atoms with Crippen LogP contribution in [0.4, 0.5) is 0 Å². The van der Waals surface area contributed by atoms with Crippen molar-refractivity contribution in [3.05, 3.63) is 29.4 Å². The first kappa shape index (κ1) is 23.0. The molecule has 2 aliphatic rings. The van der Waals surface area contributed by atoms with Crippen molar-refractivity contribution in [2.24, 2.45) is 17.1 Å². The fourth-order valence-corrected chi connectivity index (χ4v) is 6.18. The fraction of sp³-hybridized carbons (Fsp3) is 0.625. The lowest BCUT2D eigenvalue weighted by Gasteiger charge is -2.51. The number of halogens is 1. The van der Waals surface area contributed by atoms with Crippen molar-refractivity contribution < 1.29 is 14.2 Å². The van der Waals surface area contributed by atoms with Gasteiger partial charge in [-0.05, 0) is 79.9 Å². The van der Waals surface area contributed by atoms with E-state index in [0.29, 0.717) is 16.8 Å². The quantitative estimate of drug-likeness (QED) is 0.542. The van der Waals surface area contributed by atoms with Gasteiger partial charge in [0.2, 0.25) is 5.88 Å². The zero-order chi connectivity index (χ0) is 22.0. The Morgan fingerprint density at radius 3 is 2.77 bits per heavy atom. The van der Waals surface area contributed by atoms with E-state index in [0.717, 1.165) is 68.1 Å². The standard InChI is InChI=1S/C24H33ClN2O3S/c1-3-21(26)24(16-7-11-29-22(31)13-16)8-4-17(5-9-24)30-20-12-15-6-10-27-23(28-2)18(15)14-19(20)25/h6,10,12,14,16-17,21-22,31H,3-5,7-9,11,13,26H2,1-2H3. The lowest BCUT2D eigenvalue weighted by molar-refractivity contribution is -0.0483. The van der Waals surface area contributed by atoms with E-state index in [2.05, 4.69) is 24.5 Å². The molecule has 2 N–H and O–H groups in total. The first-order valence-electron chi connectivity index (χ1n) is 11.3. The van der Waals surface area contributed by atoms with Crippen LogP contribution in [0.2, 0.25) is 5.02 Å². The Kier molecular flexibility index (Phi) is 7.21. The van der Waals surface area contributed by atoms with Crippen LogP contribution in [0.3, 0.4) is 0 Å². The molecular weight excluding hydrogens is 432 g/mol. The number of thiol groups is 1. The van der Waals surface area contributed by atoms with E-state index in [9.17, 15) is 0 Å². The number of aromatic nitrogens is 1. The van der Waals surface area contributed by atoms with E-state index in [1.54, 1.807) is 13.3 Å². The van der Waals surface area contributed by atoms with Crippen molar-refractivity contribution in [3.8, 4) is 11.6 Å². The van der Waals surface area contributed by atoms with Crippen LogP contribution in [-0.4, -0.2) is 36.3 Å². The van der Waals surface area contributed by atoms with Crippen LogP contribution < -0.4 is 15.2 Å². The van der Waals surface area contributed by atoms with Crippen LogP contribution in [0, 0.1) is 11.3 Å². The number of benzene rings is 1. The van der Waals surface area contributed by atoms with Gasteiger partial charge >= 0.3 is 0 Å². The highest BCUT2D eigenvalue weighted by atomic mass is 35.5. The maximum absolute atomic E-state index is 6.73. The summed E-state index contributed by atoms with van der Waals surface area (Å²) in [6.45, 7) is 2.98. The third kappa shape index (κ3) is 4.63. The largest absolute Gasteiger partial charge is 0.489 e. The summed E-state index contributed by atoms with van der Waals surface area (Å²) in [6.07, 6.45) is 9.03. The Morgan fingerprint density at radius 1 is 1.32 bits per heavy atom. The summed E-state index contributed by atoms with van der Waals surface area (Å²) in [7, 11) is 1.61. The molecule has 0 amide bonds. The van der Waals surface area contributed by atoms with Crippen LogP contribution in [0.5, 0.6) is 11.6 Å². The second-order valence-corrected chi connectivity index (χ2v) is 9.92. The molecule has 3 unspecified atom stereocenters. The van der Waals surface area contributed by atoms with Crippen molar-refractivity contribution in [2.45, 2.75) is 69.5 Å². The average molecular weight is 465 g/mol. The summed E-state index contributed by atoms with van der Waals surface area (Å²) in [5.74, 6) is 1.85. The number of pyridine rings is 1. The second kappa shape index (κ2) is 9.74. The lowest BCUT2D eigenvalue weighted by atomic mass is 9.59. The van der Waals surface area contributed by atoms with Gasteiger partial charge in [-0.1, -0.05) is 18.5 Å². The van der Waals surface area contributed by atoms with E-state index < -0.39 is 0 Å². The molecule has 3 atom stereocenters. The highest BCUT2D eigenvalue weighted by Gasteiger charge is 2.47. The maximum atomic E-state index is 6.73. The molecule has 1 aliphatic heterocycles. The van der Waals surface area contributed by atoms with Crippen LogP contribution in [-0.2, 0) is 4.74 Å². The zero-order valence-corrected chi connectivity index (χ0v) is 20.0. The minimum atomic E-state index is 0.0246. The molecule has 31 heavy (non-hydrogen) atoms. The topological polar surface area (TPSA) is 66.6 Å². The van der Waals surface area contributed by atoms with Gasteiger partial charge in [0.05, 0.1) is 18.2 Å². The van der Waals surface area contributed by atoms with Crippen molar-refractivity contribution in [2.75, 3.05) is 13.7 Å². The number of hydrogen-bond donors (Lipinski definition) is 2. The molecule has 7 heteroatoms. The van der Waals surface area contributed by atoms with Gasteiger partial charge in [-0.15, -0.1) is 12.6 Å². The van der Waals surface area contributed by atoms with Gasteiger partial charge in [0.1, 0.15) is 11.2 Å². The molecule has 1 aromatic carbocycles. The number of rotatable bonds is 6. The van der Waals surface area contributed by atoms with Crippen molar-refractivity contribution in [1.29, 1.82) is 0 Å². The van der Waals surface area contributed by atoms with Crippen molar-refractivity contribution in [3.63, 3.8) is 0 Å². The zero-order valence-electron chi connectivity index (χ0n) is 18.4. The Labute approximate surface area is 195 Å². The summed E-state index contributed by atoms with van der Waals surface area (Å²) in [5.41, 5.74) is 6.89. The van der Waals surface area contributed by atoms with E-state index in [-0.39, 0.29) is 23.0 Å². The lowest BCUT2D eigenvalue weighted by Crippen LogP contribution is -2.51. The monoisotopic (exact) mass is 464 g/mol. The second-order valence-electron chi connectivity index (χ2n) is 8.94. The number of hydrogen-bond acceptors (Lipinski definition) is 6. The van der Waals surface area contributed by atoms with Gasteiger partial charge in [-0.25, -0.2) is 4.98 Å². The third-order valence-corrected chi connectivity index (χ3v) is 8.04. The molecule has 4 rings (SSSR count). The predicted molar refractivity (Wildman–Crippen MR) is 128 cm³/mol. The highest BCUT2D eigenvalue weighted by molar-refractivity contribution is 7.80. The van der Waals surface area contributed by atoms with E-state index >= 15 is 0 Å². The van der Waals surface area contributed by atoms with Crippen molar-refractivity contribution >= 4 is 35.0 Å². The first-order chi connectivity index (χ1) is 15.0. The molecule has 170 valence electrons. The summed E-state index contributed by atoms with van der Waals surface area (Å²) < 4.78 is 17.5. The summed E-state index contributed by atoms with van der Waals surface area (Å²) in [5, 5.41) is 2.48. The molecule has 1 saturated carbocycles. The minimum absolute atomic E-state index is 0.0246. The summed E-state index contributed by atoms with van der Waals surface area (Å²) in [6, 6.07) is 6.02. The molecule has 0 radical (unpaired) electrons. The molecule has 0 spiro atoms. The molecule has 1 aliphatic carbocycles. The first-order valence-corrected chi connectivity index (χ1v) is 12.2. The van der Waals surface area contributed by atoms with Crippen LogP contribution in [0.15, 0.2) is 24.4 Å². The number of fused-ring (bicyclic) bond motifs is 1. The number of ether oxygens (including phenoxy) is 3. The molecule has 2 aromatic rings. The highest BCUT2D eigenvalue weighted by Crippen LogP contribution is 2.51. The van der Waals surface area contributed by atoms with Gasteiger partial charge in [0, 0.05) is 24.2 Å². The number of nitrogens with two attached hydrogens (primary N) is 1. The molecule has 2 fully saturated rings. The van der Waals surface area contributed by atoms with E-state index in [1.165, 1.54) is 0 Å². The number of nitrogens with zero attached hydrogens (tertiary/aromatic N) is 1. The van der Waals surface area contributed by atoms with E-state index in [4.69, 9.17) is 31.5 Å². The van der Waals surface area contributed by atoms with Gasteiger partial charge in [-0.3, -0.25) is 0 Å². The van der Waals surface area contributed by atoms with Gasteiger partial charge in [0.25, 0.3) is 0 Å². The normalized spacial score (nSPS) is 30.2. The summed E-state index contributed by atoms with van der Waals surface area (Å²) in [4.78, 5) is 4.25. The Hall–Kier alpha value is -1.21. The van der Waals surface area contributed by atoms with Gasteiger partial charge in [-0.2, -0.15) is 0 Å². The van der Waals surface area contributed by atoms with Crippen LogP contribution >= 0.6 is 24.2 Å².